The Kier molecular flexibility index (Phi) is 4.47. The fourth-order valence-electron chi connectivity index (χ4n) is 1.11. The van der Waals surface area contributed by atoms with E-state index >= 15 is 0 Å². The molecule has 2 aromatic rings. The minimum atomic E-state index is -0.332. The van der Waals surface area contributed by atoms with Crippen molar-refractivity contribution in [3.05, 3.63) is 41.6 Å². The van der Waals surface area contributed by atoms with E-state index in [4.69, 9.17) is 0 Å². The molecule has 0 aliphatic carbocycles. The molecule has 0 saturated heterocycles. The van der Waals surface area contributed by atoms with E-state index in [-0.39, 0.29) is 35.3 Å². The molecule has 0 saturated carbocycles. The molecule has 1 aromatic heterocycles. The van der Waals surface area contributed by atoms with Crippen molar-refractivity contribution in [3.63, 3.8) is 0 Å². The molecule has 70 valence electrons. The third kappa shape index (κ3) is 2.66. The molecular formula is C10H6NNaO2S. The van der Waals surface area contributed by atoms with Crippen LogP contribution in [0.2, 0.25) is 0 Å². The van der Waals surface area contributed by atoms with Crippen LogP contribution >= 0.6 is 11.3 Å². The molecule has 2 rings (SSSR count). The smallest absolute Gasteiger partial charge is 0.878 e. The van der Waals surface area contributed by atoms with E-state index in [2.05, 4.69) is 4.98 Å². The molecule has 0 amide bonds. The molecule has 0 spiro atoms. The SMILES string of the molecule is O=C(/C=C/[O-])c1nc2ccccc2s1.[Na+]. The molecule has 0 atom stereocenters. The van der Waals surface area contributed by atoms with Crippen molar-refractivity contribution < 1.29 is 39.5 Å². The van der Waals surface area contributed by atoms with Gasteiger partial charge in [0.15, 0.2) is 5.01 Å². The van der Waals surface area contributed by atoms with Crippen LogP contribution in [0.4, 0.5) is 0 Å². The van der Waals surface area contributed by atoms with E-state index in [1.807, 2.05) is 24.3 Å². The van der Waals surface area contributed by atoms with Gasteiger partial charge >= 0.3 is 29.6 Å². The van der Waals surface area contributed by atoms with Crippen LogP contribution in [0.1, 0.15) is 9.80 Å². The summed E-state index contributed by atoms with van der Waals surface area (Å²) in [4.78, 5) is 15.4. The number of fused-ring (bicyclic) bond motifs is 1. The van der Waals surface area contributed by atoms with E-state index in [9.17, 15) is 9.90 Å². The van der Waals surface area contributed by atoms with Gasteiger partial charge in [0, 0.05) is 0 Å². The Morgan fingerprint density at radius 1 is 1.40 bits per heavy atom. The first kappa shape index (κ1) is 12.4. The molecule has 0 aliphatic rings. The van der Waals surface area contributed by atoms with E-state index in [0.717, 1.165) is 16.3 Å². The monoisotopic (exact) mass is 227 g/mol. The molecule has 0 N–H and O–H groups in total. The molecule has 0 radical (unpaired) electrons. The van der Waals surface area contributed by atoms with Gasteiger partial charge in [-0.1, -0.05) is 12.1 Å². The molecule has 0 unspecified atom stereocenters. The van der Waals surface area contributed by atoms with E-state index in [1.165, 1.54) is 11.3 Å². The van der Waals surface area contributed by atoms with Crippen LogP contribution in [0.5, 0.6) is 0 Å². The van der Waals surface area contributed by atoms with Gasteiger partial charge in [-0.15, -0.1) is 17.6 Å². The van der Waals surface area contributed by atoms with E-state index in [0.29, 0.717) is 11.3 Å². The largest absolute Gasteiger partial charge is 1.00 e. The fraction of sp³-hybridized carbons (Fsp3) is 0. The average Bonchev–Trinajstić information content (AvgIpc) is 2.61. The summed E-state index contributed by atoms with van der Waals surface area (Å²) < 4.78 is 0.954. The minimum absolute atomic E-state index is 0. The standard InChI is InChI=1S/C10H7NO2S.Na/c12-6-5-8(13)10-11-7-3-1-2-4-9(7)14-10;/h1-6,12H;/q;+1/p-1/b6-5+;. The van der Waals surface area contributed by atoms with Gasteiger partial charge in [-0.05, 0) is 18.2 Å². The Balaban J connectivity index is 0.00000112. The summed E-state index contributed by atoms with van der Waals surface area (Å²) in [6, 6.07) is 7.48. The van der Waals surface area contributed by atoms with Crippen molar-refractivity contribution in [3.8, 4) is 0 Å². The summed E-state index contributed by atoms with van der Waals surface area (Å²) in [5.74, 6) is -0.332. The first-order chi connectivity index (χ1) is 6.81. The van der Waals surface area contributed by atoms with E-state index < -0.39 is 0 Å². The molecule has 0 fully saturated rings. The van der Waals surface area contributed by atoms with Crippen LogP contribution in [0.15, 0.2) is 36.6 Å². The zero-order valence-corrected chi connectivity index (χ0v) is 11.0. The molecule has 0 aliphatic heterocycles. The maximum absolute atomic E-state index is 11.3. The predicted octanol–water partition coefficient (Wildman–Crippen LogP) is -1.64. The number of nitrogens with zero attached hydrogens (tertiary/aromatic N) is 1. The number of benzene rings is 1. The number of rotatable bonds is 2. The first-order valence-electron chi connectivity index (χ1n) is 3.99. The molecule has 1 heterocycles. The van der Waals surface area contributed by atoms with Crippen molar-refractivity contribution in [2.24, 2.45) is 0 Å². The minimum Gasteiger partial charge on any atom is -0.878 e. The van der Waals surface area contributed by atoms with Crippen LogP contribution in [-0.4, -0.2) is 10.8 Å². The van der Waals surface area contributed by atoms with Crippen LogP contribution in [0.25, 0.3) is 10.2 Å². The topological polar surface area (TPSA) is 53.0 Å². The summed E-state index contributed by atoms with van der Waals surface area (Å²) in [5.41, 5.74) is 0.792. The second-order valence-corrected chi connectivity index (χ2v) is 3.68. The number of hydrogen-bond donors (Lipinski definition) is 0. The maximum Gasteiger partial charge on any atom is 1.00 e. The van der Waals surface area contributed by atoms with Crippen molar-refractivity contribution in [2.45, 2.75) is 0 Å². The van der Waals surface area contributed by atoms with E-state index in [1.54, 1.807) is 0 Å². The number of ketones is 1. The van der Waals surface area contributed by atoms with Crippen molar-refractivity contribution in [2.75, 3.05) is 0 Å². The number of aromatic nitrogens is 1. The zero-order chi connectivity index (χ0) is 9.97. The summed E-state index contributed by atoms with van der Waals surface area (Å²) >= 11 is 1.29. The average molecular weight is 227 g/mol. The van der Waals surface area contributed by atoms with Crippen LogP contribution in [0.3, 0.4) is 0 Å². The number of thiazole rings is 1. The van der Waals surface area contributed by atoms with Gasteiger partial charge in [0.2, 0.25) is 5.78 Å². The van der Waals surface area contributed by atoms with Gasteiger partial charge in [0.1, 0.15) is 0 Å². The number of para-hydroxylation sites is 1. The van der Waals surface area contributed by atoms with Crippen molar-refractivity contribution in [1.29, 1.82) is 0 Å². The van der Waals surface area contributed by atoms with Gasteiger partial charge < -0.3 is 5.11 Å². The van der Waals surface area contributed by atoms with Crippen molar-refractivity contribution in [1.82, 2.24) is 4.98 Å². The Bertz CT molecular complexity index is 474. The van der Waals surface area contributed by atoms with Gasteiger partial charge in [0.05, 0.1) is 10.2 Å². The molecule has 0 bridgehead atoms. The first-order valence-corrected chi connectivity index (χ1v) is 4.81. The number of allylic oxidation sites excluding steroid dienone is 1. The molecular weight excluding hydrogens is 221 g/mol. The third-order valence-electron chi connectivity index (χ3n) is 1.72. The van der Waals surface area contributed by atoms with Gasteiger partial charge in [-0.3, -0.25) is 4.79 Å². The number of carbonyl (C=O) groups excluding carboxylic acids is 1. The fourth-order valence-corrected chi connectivity index (χ4v) is 2.00. The molecule has 1 aromatic carbocycles. The predicted molar refractivity (Wildman–Crippen MR) is 53.1 cm³/mol. The molecule has 5 heteroatoms. The summed E-state index contributed by atoms with van der Waals surface area (Å²) in [6.45, 7) is 0. The number of hydrogen-bond acceptors (Lipinski definition) is 4. The summed E-state index contributed by atoms with van der Waals surface area (Å²) in [5, 5.41) is 10.5. The summed E-state index contributed by atoms with van der Waals surface area (Å²) in [7, 11) is 0. The molecule has 15 heavy (non-hydrogen) atoms. The maximum atomic E-state index is 11.3. The molecule has 3 nitrogen and oxygen atoms in total. The van der Waals surface area contributed by atoms with Crippen LogP contribution < -0.4 is 34.7 Å². The second kappa shape index (κ2) is 5.42. The third-order valence-corrected chi connectivity index (χ3v) is 2.78. The Morgan fingerprint density at radius 3 is 2.80 bits per heavy atom. The normalized spacial score (nSPS) is 10.4. The Hall–Kier alpha value is -0.680. The quantitative estimate of drug-likeness (QED) is 0.267. The zero-order valence-electron chi connectivity index (χ0n) is 8.14. The van der Waals surface area contributed by atoms with Gasteiger partial charge in [0.25, 0.3) is 0 Å². The van der Waals surface area contributed by atoms with Gasteiger partial charge in [-0.25, -0.2) is 4.98 Å². The van der Waals surface area contributed by atoms with Crippen LogP contribution in [0, 0.1) is 0 Å². The summed E-state index contributed by atoms with van der Waals surface area (Å²) in [6.07, 6.45) is 1.46. The van der Waals surface area contributed by atoms with Gasteiger partial charge in [-0.2, -0.15) is 0 Å². The Morgan fingerprint density at radius 2 is 2.13 bits per heavy atom. The second-order valence-electron chi connectivity index (χ2n) is 2.65. The Labute approximate surface area is 113 Å². The van der Waals surface area contributed by atoms with Crippen LogP contribution in [-0.2, 0) is 0 Å². The number of carbonyl (C=O) groups is 1. The van der Waals surface area contributed by atoms with Crippen molar-refractivity contribution >= 4 is 27.3 Å².